The van der Waals surface area contributed by atoms with E-state index >= 15 is 0 Å². The summed E-state index contributed by atoms with van der Waals surface area (Å²) in [5, 5.41) is 14.2. The highest BCUT2D eigenvalue weighted by Gasteiger charge is 2.15. The fraction of sp³-hybridized carbons (Fsp3) is 0.133. The van der Waals surface area contributed by atoms with Crippen LogP contribution < -0.4 is 10.6 Å². The highest BCUT2D eigenvalue weighted by Crippen LogP contribution is 2.28. The van der Waals surface area contributed by atoms with Crippen LogP contribution in [-0.4, -0.2) is 11.0 Å². The van der Waals surface area contributed by atoms with Crippen molar-refractivity contribution < 1.29 is 13.6 Å². The second kappa shape index (κ2) is 7.38. The number of fused-ring (bicyclic) bond motifs is 1. The molecular weight excluding hydrogens is 358 g/mol. The lowest BCUT2D eigenvalue weighted by Crippen LogP contribution is -2.27. The van der Waals surface area contributed by atoms with Gasteiger partial charge in [0.2, 0.25) is 0 Å². The van der Waals surface area contributed by atoms with Crippen molar-refractivity contribution in [2.45, 2.75) is 13.8 Å². The average Bonchev–Trinajstić information content (AvgIpc) is 2.88. The summed E-state index contributed by atoms with van der Waals surface area (Å²) in [6, 6.07) is 5.72. The number of allylic oxidation sites excluding steroid dienone is 4. The third kappa shape index (κ3) is 4.07. The molecule has 0 saturated heterocycles. The molecule has 0 spiro atoms. The lowest BCUT2D eigenvalue weighted by Gasteiger charge is -2.07. The quantitative estimate of drug-likeness (QED) is 0.588. The molecular formula is C15H11ClF2N4OS. The number of halogens is 3. The van der Waals surface area contributed by atoms with E-state index in [-0.39, 0.29) is 10.8 Å². The van der Waals surface area contributed by atoms with E-state index in [4.69, 9.17) is 16.9 Å². The number of nitrogens with zero attached hydrogens (tertiary/aromatic N) is 2. The van der Waals surface area contributed by atoms with Crippen LogP contribution in [-0.2, 0) is 0 Å². The molecule has 0 radical (unpaired) electrons. The van der Waals surface area contributed by atoms with Gasteiger partial charge in [-0.2, -0.15) is 5.26 Å². The number of benzene rings is 1. The van der Waals surface area contributed by atoms with E-state index in [1.807, 2.05) is 0 Å². The Labute approximate surface area is 145 Å². The molecule has 124 valence electrons. The summed E-state index contributed by atoms with van der Waals surface area (Å²) in [7, 11) is 0. The van der Waals surface area contributed by atoms with E-state index < -0.39 is 23.3 Å². The predicted molar refractivity (Wildman–Crippen MR) is 90.0 cm³/mol. The van der Waals surface area contributed by atoms with E-state index in [0.717, 1.165) is 11.6 Å². The van der Waals surface area contributed by atoms with Crippen LogP contribution in [0.15, 0.2) is 41.1 Å². The first-order valence-electron chi connectivity index (χ1n) is 6.59. The summed E-state index contributed by atoms with van der Waals surface area (Å²) in [5.74, 6) is -2.11. The Morgan fingerprint density at radius 2 is 2.08 bits per heavy atom. The van der Waals surface area contributed by atoms with E-state index in [1.165, 1.54) is 24.3 Å². The van der Waals surface area contributed by atoms with Crippen LogP contribution in [0.1, 0.15) is 13.8 Å². The van der Waals surface area contributed by atoms with Gasteiger partial charge in [-0.05, 0) is 32.0 Å². The first-order valence-corrected chi connectivity index (χ1v) is 7.78. The second-order valence-corrected chi connectivity index (χ2v) is 6.14. The Balaban J connectivity index is 2.15. The number of hydrogen-bond donors (Lipinski definition) is 2. The van der Waals surface area contributed by atoms with Gasteiger partial charge in [0.25, 0.3) is 0 Å². The standard InChI is InChI=1S/C15H11ClF2N4OS/c1-7(17)10(6-19)13(18)8(2)20-14(23)22-15-21-11-4-3-9(16)5-12(11)24-15/h3-5H,1-2H3,(H2,20,21,22,23)/b10-7+,13-8-. The Hall–Kier alpha value is -2.50. The number of anilines is 1. The number of rotatable bonds is 3. The first-order chi connectivity index (χ1) is 11.3. The molecule has 1 heterocycles. The number of carbonyl (C=O) groups is 1. The normalized spacial score (nSPS) is 13.0. The number of hydrogen-bond acceptors (Lipinski definition) is 4. The topological polar surface area (TPSA) is 77.8 Å². The van der Waals surface area contributed by atoms with Gasteiger partial charge in [-0.1, -0.05) is 22.9 Å². The molecule has 0 fully saturated rings. The van der Waals surface area contributed by atoms with Gasteiger partial charge in [0.15, 0.2) is 11.0 Å². The zero-order valence-corrected chi connectivity index (χ0v) is 14.1. The fourth-order valence-electron chi connectivity index (χ4n) is 1.77. The number of amides is 2. The molecule has 0 saturated carbocycles. The molecule has 0 unspecified atom stereocenters. The Kier molecular flexibility index (Phi) is 5.49. The van der Waals surface area contributed by atoms with Crippen molar-refractivity contribution in [1.82, 2.24) is 10.3 Å². The maximum Gasteiger partial charge on any atom is 0.325 e. The monoisotopic (exact) mass is 368 g/mol. The van der Waals surface area contributed by atoms with Crippen LogP contribution in [0.5, 0.6) is 0 Å². The highest BCUT2D eigenvalue weighted by molar-refractivity contribution is 7.22. The molecule has 0 atom stereocenters. The summed E-state index contributed by atoms with van der Waals surface area (Å²) >= 11 is 7.07. The van der Waals surface area contributed by atoms with Crippen LogP contribution in [0.2, 0.25) is 5.02 Å². The Morgan fingerprint density at radius 1 is 1.38 bits per heavy atom. The minimum Gasteiger partial charge on any atom is -0.309 e. The molecule has 0 bridgehead atoms. The molecule has 0 aliphatic rings. The van der Waals surface area contributed by atoms with Gasteiger partial charge in [-0.3, -0.25) is 5.32 Å². The molecule has 9 heteroatoms. The van der Waals surface area contributed by atoms with Crippen LogP contribution >= 0.6 is 22.9 Å². The van der Waals surface area contributed by atoms with Crippen molar-refractivity contribution in [3.8, 4) is 6.07 Å². The third-order valence-electron chi connectivity index (χ3n) is 2.88. The molecule has 0 aliphatic heterocycles. The summed E-state index contributed by atoms with van der Waals surface area (Å²) < 4.78 is 27.7. The van der Waals surface area contributed by atoms with Crippen LogP contribution in [0, 0.1) is 11.3 Å². The van der Waals surface area contributed by atoms with Crippen LogP contribution in [0.25, 0.3) is 10.2 Å². The predicted octanol–water partition coefficient (Wildman–Crippen LogP) is 5.04. The van der Waals surface area contributed by atoms with Crippen molar-refractivity contribution in [1.29, 1.82) is 5.26 Å². The molecule has 2 N–H and O–H groups in total. The largest absolute Gasteiger partial charge is 0.325 e. The van der Waals surface area contributed by atoms with Gasteiger partial charge >= 0.3 is 6.03 Å². The number of thiazole rings is 1. The van der Waals surface area contributed by atoms with E-state index in [2.05, 4.69) is 15.6 Å². The third-order valence-corrected chi connectivity index (χ3v) is 4.05. The molecule has 2 amide bonds. The zero-order chi connectivity index (χ0) is 17.9. The van der Waals surface area contributed by atoms with Gasteiger partial charge in [0.1, 0.15) is 17.5 Å². The van der Waals surface area contributed by atoms with Crippen LogP contribution in [0.4, 0.5) is 18.7 Å². The smallest absolute Gasteiger partial charge is 0.309 e. The van der Waals surface area contributed by atoms with Crippen molar-refractivity contribution in [2.24, 2.45) is 0 Å². The lowest BCUT2D eigenvalue weighted by atomic mass is 10.2. The second-order valence-electron chi connectivity index (χ2n) is 4.67. The van der Waals surface area contributed by atoms with Crippen molar-refractivity contribution in [2.75, 3.05) is 5.32 Å². The average molecular weight is 369 g/mol. The molecule has 1 aromatic heterocycles. The molecule has 1 aromatic carbocycles. The van der Waals surface area contributed by atoms with Gasteiger partial charge < -0.3 is 5.32 Å². The molecule has 0 aliphatic carbocycles. The van der Waals surface area contributed by atoms with E-state index in [9.17, 15) is 13.6 Å². The summed E-state index contributed by atoms with van der Waals surface area (Å²) in [6.45, 7) is 2.17. The fourth-order valence-corrected chi connectivity index (χ4v) is 2.91. The molecule has 2 aromatic rings. The molecule has 2 rings (SSSR count). The van der Waals surface area contributed by atoms with E-state index in [0.29, 0.717) is 10.5 Å². The number of aromatic nitrogens is 1. The lowest BCUT2D eigenvalue weighted by molar-refractivity contribution is 0.254. The first kappa shape index (κ1) is 17.8. The minimum atomic E-state index is -1.14. The van der Waals surface area contributed by atoms with Crippen molar-refractivity contribution >= 4 is 44.3 Å². The summed E-state index contributed by atoms with van der Waals surface area (Å²) in [5.41, 5.74) is -0.395. The number of urea groups is 1. The zero-order valence-electron chi connectivity index (χ0n) is 12.6. The Morgan fingerprint density at radius 3 is 2.71 bits per heavy atom. The van der Waals surface area contributed by atoms with Crippen LogP contribution in [0.3, 0.4) is 0 Å². The number of nitriles is 1. The van der Waals surface area contributed by atoms with Crippen molar-refractivity contribution in [3.05, 3.63) is 46.1 Å². The van der Waals surface area contributed by atoms with Gasteiger partial charge in [-0.25, -0.2) is 18.6 Å². The summed E-state index contributed by atoms with van der Waals surface area (Å²) in [4.78, 5) is 16.1. The van der Waals surface area contributed by atoms with Gasteiger partial charge in [0, 0.05) is 5.02 Å². The number of nitrogens with one attached hydrogen (secondary N) is 2. The molecule has 24 heavy (non-hydrogen) atoms. The molecule has 5 nitrogen and oxygen atoms in total. The maximum atomic E-state index is 13.9. The van der Waals surface area contributed by atoms with Gasteiger partial charge in [0.05, 0.1) is 15.9 Å². The maximum absolute atomic E-state index is 13.9. The summed E-state index contributed by atoms with van der Waals surface area (Å²) in [6.07, 6.45) is 0. The Bertz CT molecular complexity index is 910. The van der Waals surface area contributed by atoms with E-state index in [1.54, 1.807) is 18.2 Å². The number of carbonyl (C=O) groups excluding carboxylic acids is 1. The van der Waals surface area contributed by atoms with Crippen molar-refractivity contribution in [3.63, 3.8) is 0 Å². The van der Waals surface area contributed by atoms with Gasteiger partial charge in [-0.15, -0.1) is 0 Å². The minimum absolute atomic E-state index is 0.287. The SMILES string of the molecule is C/C(NC(=O)Nc1nc2ccc(Cl)cc2s1)=C(F)\C(C#N)=C(/C)F. The highest BCUT2D eigenvalue weighted by atomic mass is 35.5.